The van der Waals surface area contributed by atoms with Crippen molar-refractivity contribution in [3.8, 4) is 5.75 Å². The van der Waals surface area contributed by atoms with Gasteiger partial charge in [0.05, 0.1) is 16.5 Å². The van der Waals surface area contributed by atoms with E-state index in [1.165, 1.54) is 11.3 Å². The van der Waals surface area contributed by atoms with Crippen LogP contribution in [0.4, 0.5) is 5.13 Å². The summed E-state index contributed by atoms with van der Waals surface area (Å²) in [6.45, 7) is 6.07. The molecule has 0 amide bonds. The van der Waals surface area contributed by atoms with E-state index in [1.54, 1.807) is 24.8 Å². The second-order valence-electron chi connectivity index (χ2n) is 4.53. The summed E-state index contributed by atoms with van der Waals surface area (Å²) in [4.78, 5) is 15.7. The Bertz CT molecular complexity index is 653. The second kappa shape index (κ2) is 6.95. The Morgan fingerprint density at radius 3 is 2.81 bits per heavy atom. The highest BCUT2D eigenvalue weighted by molar-refractivity contribution is 8.00. The maximum absolute atomic E-state index is 11.5. The lowest BCUT2D eigenvalue weighted by molar-refractivity contribution is 0.101. The number of benzene rings is 1. The van der Waals surface area contributed by atoms with E-state index in [4.69, 9.17) is 10.5 Å². The first-order valence-electron chi connectivity index (χ1n) is 6.63. The van der Waals surface area contributed by atoms with E-state index in [0.717, 1.165) is 27.0 Å². The van der Waals surface area contributed by atoms with Gasteiger partial charge in [-0.3, -0.25) is 4.79 Å². The van der Waals surface area contributed by atoms with Crippen molar-refractivity contribution in [3.05, 3.63) is 35.0 Å². The highest BCUT2D eigenvalue weighted by Gasteiger charge is 2.11. The van der Waals surface area contributed by atoms with Crippen molar-refractivity contribution < 1.29 is 9.53 Å². The third kappa shape index (κ3) is 3.98. The molecular formula is C15H18N2O2S2. The number of thiazole rings is 1. The summed E-state index contributed by atoms with van der Waals surface area (Å²) < 4.78 is 6.73. The number of Topliss-reactive ketones (excluding diaryl/α,β-unsaturated/α-hetero) is 1. The van der Waals surface area contributed by atoms with Gasteiger partial charge in [-0.25, -0.2) is 4.98 Å². The SMILES string of the molecule is CCOc1ccc(C(C)=O)cc1CSc1sc(N)nc1C. The third-order valence-electron chi connectivity index (χ3n) is 2.90. The number of hydrogen-bond donors (Lipinski definition) is 1. The van der Waals surface area contributed by atoms with E-state index in [0.29, 0.717) is 17.3 Å². The largest absolute Gasteiger partial charge is 0.494 e. The number of anilines is 1. The number of aromatic nitrogens is 1. The smallest absolute Gasteiger partial charge is 0.181 e. The molecule has 0 saturated carbocycles. The molecule has 0 radical (unpaired) electrons. The van der Waals surface area contributed by atoms with Crippen LogP contribution in [0.15, 0.2) is 22.4 Å². The second-order valence-corrected chi connectivity index (χ2v) is 6.80. The number of nitrogens with two attached hydrogens (primary N) is 1. The van der Waals surface area contributed by atoms with Crippen molar-refractivity contribution in [2.45, 2.75) is 30.7 Å². The normalized spacial score (nSPS) is 10.6. The van der Waals surface area contributed by atoms with Gasteiger partial charge in [-0.2, -0.15) is 0 Å². The lowest BCUT2D eigenvalue weighted by atomic mass is 10.1. The zero-order valence-corrected chi connectivity index (χ0v) is 13.9. The quantitative estimate of drug-likeness (QED) is 0.645. The summed E-state index contributed by atoms with van der Waals surface area (Å²) in [6, 6.07) is 5.57. The third-order valence-corrected chi connectivity index (χ3v) is 5.29. The van der Waals surface area contributed by atoms with Gasteiger partial charge in [0, 0.05) is 16.9 Å². The Morgan fingerprint density at radius 2 is 2.24 bits per heavy atom. The summed E-state index contributed by atoms with van der Waals surface area (Å²) >= 11 is 3.15. The lowest BCUT2D eigenvalue weighted by Crippen LogP contribution is -1.99. The van der Waals surface area contributed by atoms with E-state index in [1.807, 2.05) is 26.0 Å². The van der Waals surface area contributed by atoms with Gasteiger partial charge in [-0.1, -0.05) is 11.3 Å². The van der Waals surface area contributed by atoms with Crippen LogP contribution in [0.25, 0.3) is 0 Å². The van der Waals surface area contributed by atoms with Gasteiger partial charge >= 0.3 is 0 Å². The van der Waals surface area contributed by atoms with Crippen LogP contribution in [0, 0.1) is 6.92 Å². The molecule has 0 aliphatic rings. The van der Waals surface area contributed by atoms with E-state index in [9.17, 15) is 4.79 Å². The molecular weight excluding hydrogens is 304 g/mol. The maximum atomic E-state index is 11.5. The Kier molecular flexibility index (Phi) is 5.25. The lowest BCUT2D eigenvalue weighted by Gasteiger charge is -2.11. The summed E-state index contributed by atoms with van der Waals surface area (Å²) in [6.07, 6.45) is 0. The van der Waals surface area contributed by atoms with Crippen LogP contribution >= 0.6 is 23.1 Å². The molecule has 1 heterocycles. The monoisotopic (exact) mass is 322 g/mol. The molecule has 2 aromatic rings. The fourth-order valence-corrected chi connectivity index (χ4v) is 3.89. The van der Waals surface area contributed by atoms with Crippen LogP contribution in [0.3, 0.4) is 0 Å². The average Bonchev–Trinajstić information content (AvgIpc) is 2.76. The zero-order valence-electron chi connectivity index (χ0n) is 12.3. The minimum Gasteiger partial charge on any atom is -0.494 e. The predicted molar refractivity (Wildman–Crippen MR) is 88.4 cm³/mol. The van der Waals surface area contributed by atoms with Gasteiger partial charge in [0.25, 0.3) is 0 Å². The Morgan fingerprint density at radius 1 is 1.48 bits per heavy atom. The van der Waals surface area contributed by atoms with Gasteiger partial charge in [0.2, 0.25) is 0 Å². The molecule has 0 bridgehead atoms. The fraction of sp³-hybridized carbons (Fsp3) is 0.333. The number of carbonyl (C=O) groups excluding carboxylic acids is 1. The highest BCUT2D eigenvalue weighted by Crippen LogP contribution is 2.35. The van der Waals surface area contributed by atoms with Crippen molar-refractivity contribution in [1.29, 1.82) is 0 Å². The summed E-state index contributed by atoms with van der Waals surface area (Å²) in [5, 5.41) is 0.581. The first-order valence-corrected chi connectivity index (χ1v) is 8.43. The van der Waals surface area contributed by atoms with Crippen LogP contribution < -0.4 is 10.5 Å². The van der Waals surface area contributed by atoms with Gasteiger partial charge in [-0.05, 0) is 39.0 Å². The number of rotatable bonds is 6. The highest BCUT2D eigenvalue weighted by atomic mass is 32.2. The first kappa shape index (κ1) is 15.9. The van der Waals surface area contributed by atoms with Gasteiger partial charge in [0.15, 0.2) is 10.9 Å². The van der Waals surface area contributed by atoms with Gasteiger partial charge in [-0.15, -0.1) is 11.8 Å². The molecule has 0 atom stereocenters. The van der Waals surface area contributed by atoms with E-state index in [-0.39, 0.29) is 5.78 Å². The molecule has 4 nitrogen and oxygen atoms in total. The van der Waals surface area contributed by atoms with Gasteiger partial charge in [0.1, 0.15) is 5.75 Å². The van der Waals surface area contributed by atoms with Crippen molar-refractivity contribution in [1.82, 2.24) is 4.98 Å². The molecule has 2 rings (SSSR count). The van der Waals surface area contributed by atoms with Crippen LogP contribution in [-0.4, -0.2) is 17.4 Å². The van der Waals surface area contributed by atoms with Crippen LogP contribution in [0.1, 0.15) is 35.5 Å². The number of thioether (sulfide) groups is 1. The Labute approximate surface area is 132 Å². The number of aryl methyl sites for hydroxylation is 1. The fourth-order valence-electron chi connectivity index (χ4n) is 1.89. The van der Waals surface area contributed by atoms with Crippen LogP contribution in [0.2, 0.25) is 0 Å². The molecule has 0 spiro atoms. The number of ketones is 1. The van der Waals surface area contributed by atoms with Crippen molar-refractivity contribution in [3.63, 3.8) is 0 Å². The number of nitrogen functional groups attached to an aromatic ring is 1. The molecule has 112 valence electrons. The molecule has 0 fully saturated rings. The first-order chi connectivity index (χ1) is 10.0. The van der Waals surface area contributed by atoms with Crippen molar-refractivity contribution in [2.75, 3.05) is 12.3 Å². The average molecular weight is 322 g/mol. The number of ether oxygens (including phenoxy) is 1. The molecule has 2 N–H and O–H groups in total. The van der Waals surface area contributed by atoms with E-state index in [2.05, 4.69) is 4.98 Å². The minimum atomic E-state index is 0.0579. The van der Waals surface area contributed by atoms with E-state index < -0.39 is 0 Å². The summed E-state index contributed by atoms with van der Waals surface area (Å²) in [5.74, 6) is 1.60. The number of nitrogens with zero attached hydrogens (tertiary/aromatic N) is 1. The molecule has 1 aromatic heterocycles. The zero-order chi connectivity index (χ0) is 15.4. The van der Waals surface area contributed by atoms with Crippen LogP contribution in [-0.2, 0) is 5.75 Å². The van der Waals surface area contributed by atoms with Crippen molar-refractivity contribution in [2.24, 2.45) is 0 Å². The molecule has 1 aromatic carbocycles. The Balaban J connectivity index is 2.22. The van der Waals surface area contributed by atoms with E-state index >= 15 is 0 Å². The molecule has 0 aliphatic carbocycles. The standard InChI is InChI=1S/C15H18N2O2S2/c1-4-19-13-6-5-11(10(3)18)7-12(13)8-20-14-9(2)17-15(16)21-14/h5-7H,4,8H2,1-3H3,(H2,16,17). The number of carbonyl (C=O) groups is 1. The Hall–Kier alpha value is -1.53. The molecule has 0 aliphatic heterocycles. The summed E-state index contributed by atoms with van der Waals surface area (Å²) in [7, 11) is 0. The van der Waals surface area contributed by atoms with Gasteiger partial charge < -0.3 is 10.5 Å². The maximum Gasteiger partial charge on any atom is 0.181 e. The molecule has 0 saturated heterocycles. The minimum absolute atomic E-state index is 0.0579. The molecule has 21 heavy (non-hydrogen) atoms. The predicted octanol–water partition coefficient (Wildman–Crippen LogP) is 3.93. The summed E-state index contributed by atoms with van der Waals surface area (Å²) in [5.41, 5.74) is 8.38. The molecule has 6 heteroatoms. The topological polar surface area (TPSA) is 65.2 Å². The molecule has 0 unspecified atom stereocenters. The number of hydrogen-bond acceptors (Lipinski definition) is 6. The van der Waals surface area contributed by atoms with Crippen LogP contribution in [0.5, 0.6) is 5.75 Å². The van der Waals surface area contributed by atoms with Crippen molar-refractivity contribution >= 4 is 34.0 Å².